The number of morpholine rings is 1. The highest BCUT2D eigenvalue weighted by molar-refractivity contribution is 5.13. The van der Waals surface area contributed by atoms with E-state index >= 15 is 0 Å². The number of hydrogen-bond acceptors (Lipinski definition) is 4. The van der Waals surface area contributed by atoms with Crippen molar-refractivity contribution in [3.63, 3.8) is 0 Å². The largest absolute Gasteiger partial charge is 0.501 e. The Bertz CT molecular complexity index is 281. The minimum absolute atomic E-state index is 0.253. The molecule has 2 atom stereocenters. The van der Waals surface area contributed by atoms with Crippen molar-refractivity contribution in [2.75, 3.05) is 39.9 Å². The second-order valence-electron chi connectivity index (χ2n) is 5.27. The highest BCUT2D eigenvalue weighted by atomic mass is 16.5. The summed E-state index contributed by atoms with van der Waals surface area (Å²) in [6, 6.07) is 0.313. The fourth-order valence-electron chi connectivity index (χ4n) is 2.63. The average molecular weight is 254 g/mol. The Morgan fingerprint density at radius 1 is 1.50 bits per heavy atom. The molecule has 0 amide bonds. The van der Waals surface area contributed by atoms with Crippen molar-refractivity contribution < 1.29 is 9.47 Å². The van der Waals surface area contributed by atoms with Crippen LogP contribution < -0.4 is 5.32 Å². The Labute approximate surface area is 110 Å². The molecule has 4 nitrogen and oxygen atoms in total. The van der Waals surface area contributed by atoms with Crippen LogP contribution in [0.15, 0.2) is 11.8 Å². The fourth-order valence-corrected chi connectivity index (χ4v) is 2.63. The number of likely N-dealkylation sites (N-methyl/N-ethyl adjacent to an activating group) is 1. The fraction of sp³-hybridized carbons (Fsp3) is 0.857. The number of rotatable bonds is 5. The monoisotopic (exact) mass is 254 g/mol. The van der Waals surface area contributed by atoms with Crippen LogP contribution in [0.2, 0.25) is 0 Å². The first-order chi connectivity index (χ1) is 8.81. The summed E-state index contributed by atoms with van der Waals surface area (Å²) < 4.78 is 11.4. The zero-order chi connectivity index (χ0) is 12.8. The molecule has 2 unspecified atom stereocenters. The summed E-state index contributed by atoms with van der Waals surface area (Å²) in [5.41, 5.74) is 1.37. The van der Waals surface area contributed by atoms with Gasteiger partial charge >= 0.3 is 0 Å². The Balaban J connectivity index is 2.00. The average Bonchev–Trinajstić information content (AvgIpc) is 2.40. The summed E-state index contributed by atoms with van der Waals surface area (Å²) in [6.45, 7) is 6.95. The molecule has 1 fully saturated rings. The van der Waals surface area contributed by atoms with E-state index in [1.165, 1.54) is 5.57 Å². The van der Waals surface area contributed by atoms with Crippen molar-refractivity contribution in [3.05, 3.63) is 11.8 Å². The van der Waals surface area contributed by atoms with Crippen LogP contribution in [0.4, 0.5) is 0 Å². The smallest absolute Gasteiger partial charge is 0.0894 e. The van der Waals surface area contributed by atoms with Crippen LogP contribution in [0.1, 0.15) is 26.2 Å². The lowest BCUT2D eigenvalue weighted by Crippen LogP contribution is -2.52. The molecule has 104 valence electrons. The van der Waals surface area contributed by atoms with Gasteiger partial charge in [0.05, 0.1) is 31.6 Å². The summed E-state index contributed by atoms with van der Waals surface area (Å²) in [5, 5.41) is 3.63. The molecule has 0 aromatic carbocycles. The molecule has 2 aliphatic rings. The van der Waals surface area contributed by atoms with E-state index < -0.39 is 0 Å². The SMILES string of the molecule is CCCNC(C1=COCCC1)C1CN(C)CCO1. The molecule has 0 spiro atoms. The molecule has 18 heavy (non-hydrogen) atoms. The van der Waals surface area contributed by atoms with Crippen LogP contribution in [0, 0.1) is 0 Å². The lowest BCUT2D eigenvalue weighted by Gasteiger charge is -2.37. The van der Waals surface area contributed by atoms with Crippen molar-refractivity contribution >= 4 is 0 Å². The van der Waals surface area contributed by atoms with Gasteiger partial charge in [0.15, 0.2) is 0 Å². The van der Waals surface area contributed by atoms with E-state index in [1.54, 1.807) is 0 Å². The molecule has 1 saturated heterocycles. The van der Waals surface area contributed by atoms with Crippen LogP contribution in [0.25, 0.3) is 0 Å². The molecule has 0 bridgehead atoms. The van der Waals surface area contributed by atoms with Gasteiger partial charge in [-0.05, 0) is 38.4 Å². The number of ether oxygens (including phenoxy) is 2. The van der Waals surface area contributed by atoms with E-state index in [0.29, 0.717) is 6.04 Å². The third kappa shape index (κ3) is 3.70. The van der Waals surface area contributed by atoms with Gasteiger partial charge in [-0.2, -0.15) is 0 Å². The Morgan fingerprint density at radius 2 is 2.39 bits per heavy atom. The van der Waals surface area contributed by atoms with E-state index in [9.17, 15) is 0 Å². The van der Waals surface area contributed by atoms with Crippen molar-refractivity contribution in [1.82, 2.24) is 10.2 Å². The Hall–Kier alpha value is -0.580. The zero-order valence-electron chi connectivity index (χ0n) is 11.7. The Morgan fingerprint density at radius 3 is 3.06 bits per heavy atom. The van der Waals surface area contributed by atoms with Gasteiger partial charge in [-0.3, -0.25) is 0 Å². The van der Waals surface area contributed by atoms with Crippen LogP contribution >= 0.6 is 0 Å². The van der Waals surface area contributed by atoms with Gasteiger partial charge < -0.3 is 19.7 Å². The van der Waals surface area contributed by atoms with Gasteiger partial charge in [0, 0.05) is 13.1 Å². The predicted molar refractivity (Wildman–Crippen MR) is 72.6 cm³/mol. The van der Waals surface area contributed by atoms with Crippen LogP contribution in [0.5, 0.6) is 0 Å². The molecule has 0 saturated carbocycles. The third-order valence-electron chi connectivity index (χ3n) is 3.64. The lowest BCUT2D eigenvalue weighted by molar-refractivity contribution is -0.0337. The van der Waals surface area contributed by atoms with Gasteiger partial charge in [0.25, 0.3) is 0 Å². The van der Waals surface area contributed by atoms with Gasteiger partial charge in [-0.15, -0.1) is 0 Å². The van der Waals surface area contributed by atoms with Crippen molar-refractivity contribution in [2.45, 2.75) is 38.3 Å². The van der Waals surface area contributed by atoms with Gasteiger partial charge in [0.2, 0.25) is 0 Å². The van der Waals surface area contributed by atoms with E-state index in [-0.39, 0.29) is 6.10 Å². The molecular weight excluding hydrogens is 228 g/mol. The molecule has 2 rings (SSSR count). The predicted octanol–water partition coefficient (Wildman–Crippen LogP) is 1.38. The molecule has 4 heteroatoms. The lowest BCUT2D eigenvalue weighted by atomic mass is 9.96. The summed E-state index contributed by atoms with van der Waals surface area (Å²) in [5.74, 6) is 0. The number of nitrogens with zero attached hydrogens (tertiary/aromatic N) is 1. The molecule has 0 radical (unpaired) electrons. The van der Waals surface area contributed by atoms with Crippen LogP contribution in [-0.4, -0.2) is 56.9 Å². The molecular formula is C14H26N2O2. The summed E-state index contributed by atoms with van der Waals surface area (Å²) >= 11 is 0. The first kappa shape index (κ1) is 13.8. The summed E-state index contributed by atoms with van der Waals surface area (Å²) in [4.78, 5) is 2.35. The summed E-state index contributed by atoms with van der Waals surface area (Å²) in [6.07, 6.45) is 5.61. The van der Waals surface area contributed by atoms with Crippen molar-refractivity contribution in [3.8, 4) is 0 Å². The first-order valence-electron chi connectivity index (χ1n) is 7.15. The number of hydrogen-bond donors (Lipinski definition) is 1. The zero-order valence-corrected chi connectivity index (χ0v) is 11.7. The molecule has 1 N–H and O–H groups in total. The maximum atomic E-state index is 5.96. The molecule has 0 aromatic heterocycles. The third-order valence-corrected chi connectivity index (χ3v) is 3.64. The summed E-state index contributed by atoms with van der Waals surface area (Å²) in [7, 11) is 2.16. The maximum Gasteiger partial charge on any atom is 0.0894 e. The van der Waals surface area contributed by atoms with Crippen molar-refractivity contribution in [2.24, 2.45) is 0 Å². The highest BCUT2D eigenvalue weighted by Crippen LogP contribution is 2.21. The van der Waals surface area contributed by atoms with E-state index in [4.69, 9.17) is 9.47 Å². The molecule has 0 aliphatic carbocycles. The van der Waals surface area contributed by atoms with Gasteiger partial charge in [-0.25, -0.2) is 0 Å². The van der Waals surface area contributed by atoms with Crippen LogP contribution in [0.3, 0.4) is 0 Å². The normalized spacial score (nSPS) is 27.4. The highest BCUT2D eigenvalue weighted by Gasteiger charge is 2.29. The molecule has 0 aromatic rings. The van der Waals surface area contributed by atoms with Crippen LogP contribution in [-0.2, 0) is 9.47 Å². The minimum Gasteiger partial charge on any atom is -0.501 e. The quantitative estimate of drug-likeness (QED) is 0.803. The Kier molecular flexibility index (Phi) is 5.47. The first-order valence-corrected chi connectivity index (χ1v) is 7.15. The van der Waals surface area contributed by atoms with Gasteiger partial charge in [-0.1, -0.05) is 6.92 Å². The number of nitrogens with one attached hydrogen (secondary N) is 1. The van der Waals surface area contributed by atoms with Crippen molar-refractivity contribution in [1.29, 1.82) is 0 Å². The second-order valence-corrected chi connectivity index (χ2v) is 5.27. The van der Waals surface area contributed by atoms with E-state index in [2.05, 4.69) is 24.2 Å². The second kappa shape index (κ2) is 7.12. The standard InChI is InChI=1S/C14H26N2O2/c1-3-6-15-14(12-5-4-8-17-11-12)13-10-16(2)7-9-18-13/h11,13-15H,3-10H2,1-2H3. The molecule has 2 aliphatic heterocycles. The van der Waals surface area contributed by atoms with Gasteiger partial charge in [0.1, 0.15) is 0 Å². The topological polar surface area (TPSA) is 33.7 Å². The van der Waals surface area contributed by atoms with E-state index in [0.717, 1.165) is 52.1 Å². The minimum atomic E-state index is 0.253. The maximum absolute atomic E-state index is 5.96. The molecule has 2 heterocycles. The van der Waals surface area contributed by atoms with E-state index in [1.807, 2.05) is 6.26 Å².